The Morgan fingerprint density at radius 2 is 2.00 bits per heavy atom. The number of rotatable bonds is 4. The van der Waals surface area contributed by atoms with Gasteiger partial charge >= 0.3 is 0 Å². The smallest absolute Gasteiger partial charge is 0.257 e. The third-order valence-corrected chi connectivity index (χ3v) is 5.00. The first-order valence-corrected chi connectivity index (χ1v) is 9.43. The lowest BCUT2D eigenvalue weighted by molar-refractivity contribution is 0.102. The number of hydrogen-bond acceptors (Lipinski definition) is 4. The van der Waals surface area contributed by atoms with Crippen molar-refractivity contribution < 1.29 is 9.53 Å². The van der Waals surface area contributed by atoms with Crippen LogP contribution in [-0.4, -0.2) is 24.5 Å². The number of carbonyl (C=O) groups is 1. The molecule has 0 atom stereocenters. The molecule has 0 aliphatic carbocycles. The molecule has 142 valence electrons. The van der Waals surface area contributed by atoms with Gasteiger partial charge in [-0.2, -0.15) is 0 Å². The normalized spacial score (nSPS) is 13.0. The molecule has 2 aromatic carbocycles. The van der Waals surface area contributed by atoms with Crippen LogP contribution in [0.2, 0.25) is 0 Å². The largest absolute Gasteiger partial charge is 0.495 e. The van der Waals surface area contributed by atoms with Crippen molar-refractivity contribution in [1.29, 1.82) is 0 Å². The van der Waals surface area contributed by atoms with E-state index in [1.165, 1.54) is 11.3 Å². The molecule has 0 bridgehead atoms. The highest BCUT2D eigenvalue weighted by molar-refractivity contribution is 6.05. The monoisotopic (exact) mass is 373 g/mol. The van der Waals surface area contributed by atoms with E-state index in [1.54, 1.807) is 13.3 Å². The van der Waals surface area contributed by atoms with Gasteiger partial charge in [0.25, 0.3) is 5.91 Å². The summed E-state index contributed by atoms with van der Waals surface area (Å²) in [5, 5.41) is 2.92. The van der Waals surface area contributed by atoms with Gasteiger partial charge in [-0.3, -0.25) is 4.79 Å². The molecule has 1 aromatic heterocycles. The zero-order chi connectivity index (χ0) is 19.5. The fraction of sp³-hybridized carbons (Fsp3) is 0.217. The molecule has 0 unspecified atom stereocenters. The molecule has 5 nitrogen and oxygen atoms in total. The number of fused-ring (bicyclic) bond motifs is 1. The Kier molecular flexibility index (Phi) is 4.98. The number of pyridine rings is 1. The third kappa shape index (κ3) is 3.56. The summed E-state index contributed by atoms with van der Waals surface area (Å²) in [6.07, 6.45) is 3.81. The highest BCUT2D eigenvalue weighted by atomic mass is 16.5. The lowest BCUT2D eigenvalue weighted by Crippen LogP contribution is -2.25. The Balaban J connectivity index is 1.54. The number of carbonyl (C=O) groups excluding carboxylic acids is 1. The maximum atomic E-state index is 12.7. The van der Waals surface area contributed by atoms with Crippen LogP contribution in [0.3, 0.4) is 0 Å². The van der Waals surface area contributed by atoms with Gasteiger partial charge in [0.1, 0.15) is 11.6 Å². The lowest BCUT2D eigenvalue weighted by Gasteiger charge is -2.30. The Hall–Kier alpha value is -3.34. The molecule has 0 radical (unpaired) electrons. The standard InChI is InChI=1S/C23H23N3O2/c1-16-9-11-21(28-2)19(14-16)25-23(27)18-10-12-22(24-15-18)26-13-5-7-17-6-3-4-8-20(17)26/h3-4,6,8-12,14-15H,5,7,13H2,1-2H3,(H,25,27). The van der Waals surface area contributed by atoms with Crippen LogP contribution in [0.25, 0.3) is 0 Å². The van der Waals surface area contributed by atoms with E-state index in [4.69, 9.17) is 4.74 Å². The average Bonchev–Trinajstić information content (AvgIpc) is 2.73. The number of methoxy groups -OCH3 is 1. The van der Waals surface area contributed by atoms with Gasteiger partial charge in [0.05, 0.1) is 18.4 Å². The molecule has 1 aliphatic heterocycles. The van der Waals surface area contributed by atoms with Crippen LogP contribution in [0.15, 0.2) is 60.8 Å². The zero-order valence-corrected chi connectivity index (χ0v) is 16.1. The van der Waals surface area contributed by atoms with E-state index in [1.807, 2.05) is 43.3 Å². The molecule has 1 amide bonds. The van der Waals surface area contributed by atoms with Gasteiger partial charge in [0.15, 0.2) is 0 Å². The van der Waals surface area contributed by atoms with Crippen LogP contribution in [0.5, 0.6) is 5.75 Å². The SMILES string of the molecule is COc1ccc(C)cc1NC(=O)c1ccc(N2CCCc3ccccc32)nc1. The van der Waals surface area contributed by atoms with Crippen molar-refractivity contribution in [3.8, 4) is 5.75 Å². The van der Waals surface area contributed by atoms with Crippen molar-refractivity contribution >= 4 is 23.1 Å². The fourth-order valence-corrected chi connectivity index (χ4v) is 3.57. The summed E-state index contributed by atoms with van der Waals surface area (Å²) in [5.74, 6) is 1.28. The van der Waals surface area contributed by atoms with E-state index >= 15 is 0 Å². The van der Waals surface area contributed by atoms with Crippen LogP contribution in [0.1, 0.15) is 27.9 Å². The van der Waals surface area contributed by atoms with Gasteiger partial charge in [-0.15, -0.1) is 0 Å². The average molecular weight is 373 g/mol. The highest BCUT2D eigenvalue weighted by Gasteiger charge is 2.19. The molecule has 1 aliphatic rings. The van der Waals surface area contributed by atoms with Crippen molar-refractivity contribution in [2.45, 2.75) is 19.8 Å². The highest BCUT2D eigenvalue weighted by Crippen LogP contribution is 2.32. The van der Waals surface area contributed by atoms with E-state index in [0.29, 0.717) is 17.0 Å². The summed E-state index contributed by atoms with van der Waals surface area (Å²) < 4.78 is 5.33. The first-order chi connectivity index (χ1) is 13.7. The molecule has 1 N–H and O–H groups in total. The maximum Gasteiger partial charge on any atom is 0.257 e. The summed E-state index contributed by atoms with van der Waals surface area (Å²) in [6, 6.07) is 17.8. The third-order valence-electron chi connectivity index (χ3n) is 5.00. The van der Waals surface area contributed by atoms with E-state index in [0.717, 1.165) is 30.8 Å². The first kappa shape index (κ1) is 18.0. The first-order valence-electron chi connectivity index (χ1n) is 9.43. The van der Waals surface area contributed by atoms with Gasteiger partial charge in [0.2, 0.25) is 0 Å². The van der Waals surface area contributed by atoms with E-state index in [-0.39, 0.29) is 5.91 Å². The minimum Gasteiger partial charge on any atom is -0.495 e. The second-order valence-corrected chi connectivity index (χ2v) is 6.95. The molecule has 5 heteroatoms. The molecule has 28 heavy (non-hydrogen) atoms. The van der Waals surface area contributed by atoms with Gasteiger partial charge in [-0.1, -0.05) is 24.3 Å². The molecule has 2 heterocycles. The number of aromatic nitrogens is 1. The molecule has 4 rings (SSSR count). The maximum absolute atomic E-state index is 12.7. The van der Waals surface area contributed by atoms with Crippen LogP contribution in [0, 0.1) is 6.92 Å². The lowest BCUT2D eigenvalue weighted by atomic mass is 10.0. The summed E-state index contributed by atoms with van der Waals surface area (Å²) in [5.41, 5.74) is 4.75. The number of nitrogens with one attached hydrogen (secondary N) is 1. The summed E-state index contributed by atoms with van der Waals surface area (Å²) in [4.78, 5) is 19.4. The minimum absolute atomic E-state index is 0.206. The molecule has 0 fully saturated rings. The number of amides is 1. The van der Waals surface area contributed by atoms with Crippen LogP contribution in [0.4, 0.5) is 17.2 Å². The summed E-state index contributed by atoms with van der Waals surface area (Å²) >= 11 is 0. The zero-order valence-electron chi connectivity index (χ0n) is 16.1. The van der Waals surface area contributed by atoms with E-state index in [2.05, 4.69) is 33.4 Å². The minimum atomic E-state index is -0.206. The van der Waals surface area contributed by atoms with E-state index < -0.39 is 0 Å². The number of hydrogen-bond donors (Lipinski definition) is 1. The van der Waals surface area contributed by atoms with Gasteiger partial charge < -0.3 is 15.0 Å². The topological polar surface area (TPSA) is 54.5 Å². The van der Waals surface area contributed by atoms with Crippen molar-refractivity contribution in [2.24, 2.45) is 0 Å². The fourth-order valence-electron chi connectivity index (χ4n) is 3.57. The van der Waals surface area contributed by atoms with E-state index in [9.17, 15) is 4.79 Å². The quantitative estimate of drug-likeness (QED) is 0.718. The Morgan fingerprint density at radius 3 is 2.79 bits per heavy atom. The molecular weight excluding hydrogens is 350 g/mol. The second kappa shape index (κ2) is 7.72. The number of para-hydroxylation sites is 1. The summed E-state index contributed by atoms with van der Waals surface area (Å²) in [6.45, 7) is 2.90. The number of anilines is 3. The Bertz CT molecular complexity index is 999. The van der Waals surface area contributed by atoms with Crippen molar-refractivity contribution in [3.63, 3.8) is 0 Å². The van der Waals surface area contributed by atoms with Gasteiger partial charge in [-0.25, -0.2) is 4.98 Å². The van der Waals surface area contributed by atoms with Crippen molar-refractivity contribution in [3.05, 3.63) is 77.5 Å². The Labute approximate surface area is 165 Å². The number of nitrogens with zero attached hydrogens (tertiary/aromatic N) is 2. The van der Waals surface area contributed by atoms with Crippen LogP contribution >= 0.6 is 0 Å². The Morgan fingerprint density at radius 1 is 1.14 bits per heavy atom. The number of ether oxygens (including phenoxy) is 1. The predicted octanol–water partition coefficient (Wildman–Crippen LogP) is 4.74. The van der Waals surface area contributed by atoms with Crippen LogP contribution in [-0.2, 0) is 6.42 Å². The molecule has 0 saturated carbocycles. The molecular formula is C23H23N3O2. The second-order valence-electron chi connectivity index (χ2n) is 6.95. The molecule has 0 spiro atoms. The molecule has 3 aromatic rings. The van der Waals surface area contributed by atoms with Gasteiger partial charge in [0, 0.05) is 18.4 Å². The van der Waals surface area contributed by atoms with Crippen LogP contribution < -0.4 is 15.0 Å². The predicted molar refractivity (Wildman–Crippen MR) is 112 cm³/mol. The molecule has 0 saturated heterocycles. The summed E-state index contributed by atoms with van der Waals surface area (Å²) in [7, 11) is 1.59. The number of benzene rings is 2. The van der Waals surface area contributed by atoms with Crippen molar-refractivity contribution in [2.75, 3.05) is 23.9 Å². The van der Waals surface area contributed by atoms with Crippen molar-refractivity contribution in [1.82, 2.24) is 4.98 Å². The number of aryl methyl sites for hydroxylation is 2. The van der Waals surface area contributed by atoms with Gasteiger partial charge in [-0.05, 0) is 61.2 Å².